The number of nitriles is 1. The summed E-state index contributed by atoms with van der Waals surface area (Å²) in [7, 11) is 1.34. The highest BCUT2D eigenvalue weighted by atomic mass is 35.5. The van der Waals surface area contributed by atoms with Gasteiger partial charge in [0.05, 0.1) is 47.6 Å². The number of ketones is 1. The zero-order chi connectivity index (χ0) is 26.9. The lowest BCUT2D eigenvalue weighted by molar-refractivity contribution is -0.132. The van der Waals surface area contributed by atoms with Crippen molar-refractivity contribution >= 4 is 46.3 Å². The van der Waals surface area contributed by atoms with E-state index in [2.05, 4.69) is 0 Å². The number of phenolic OH excluding ortho intramolecular Hbond substituents is 1. The molecule has 3 aromatic rings. The molecular formula is C27H20Cl2N2O6. The first kappa shape index (κ1) is 25.9. The highest BCUT2D eigenvalue weighted by Crippen LogP contribution is 2.46. The van der Waals surface area contributed by atoms with E-state index in [0.29, 0.717) is 16.8 Å². The second kappa shape index (κ2) is 10.4. The lowest BCUT2D eigenvalue weighted by Crippen LogP contribution is -2.29. The summed E-state index contributed by atoms with van der Waals surface area (Å²) in [5.41, 5.74) is 0.815. The van der Waals surface area contributed by atoms with Crippen LogP contribution in [-0.2, 0) is 9.59 Å². The lowest BCUT2D eigenvalue weighted by Gasteiger charge is -2.26. The van der Waals surface area contributed by atoms with Crippen molar-refractivity contribution in [3.63, 3.8) is 0 Å². The van der Waals surface area contributed by atoms with Gasteiger partial charge in [0.15, 0.2) is 11.5 Å². The molecule has 1 fully saturated rings. The van der Waals surface area contributed by atoms with Gasteiger partial charge in [0.2, 0.25) is 0 Å². The van der Waals surface area contributed by atoms with E-state index >= 15 is 0 Å². The zero-order valence-corrected chi connectivity index (χ0v) is 21.2. The van der Waals surface area contributed by atoms with Crippen LogP contribution in [0.2, 0.25) is 10.0 Å². The van der Waals surface area contributed by atoms with Gasteiger partial charge >= 0.3 is 0 Å². The zero-order valence-electron chi connectivity index (χ0n) is 19.7. The molecule has 37 heavy (non-hydrogen) atoms. The summed E-state index contributed by atoms with van der Waals surface area (Å²) in [5.74, 6) is -2.36. The number of aromatic hydroxyl groups is 1. The number of phenols is 1. The number of carbonyl (C=O) groups is 2. The number of nitrogens with zero attached hydrogens (tertiary/aromatic N) is 2. The Morgan fingerprint density at radius 3 is 2.43 bits per heavy atom. The average Bonchev–Trinajstić information content (AvgIpc) is 3.15. The van der Waals surface area contributed by atoms with Gasteiger partial charge in [-0.05, 0) is 61.0 Å². The third-order valence-electron chi connectivity index (χ3n) is 5.79. The summed E-state index contributed by atoms with van der Waals surface area (Å²) in [6.45, 7) is 2.00. The molecule has 2 N–H and O–H groups in total. The van der Waals surface area contributed by atoms with Gasteiger partial charge in [-0.25, -0.2) is 0 Å². The van der Waals surface area contributed by atoms with Crippen LogP contribution in [0, 0.1) is 11.3 Å². The Labute approximate surface area is 222 Å². The summed E-state index contributed by atoms with van der Waals surface area (Å²) < 4.78 is 10.8. The molecule has 4 rings (SSSR count). The minimum absolute atomic E-state index is 0.0200. The maximum absolute atomic E-state index is 13.4. The van der Waals surface area contributed by atoms with Crippen LogP contribution in [0.15, 0.2) is 60.2 Å². The number of carbonyl (C=O) groups excluding carboxylic acids is 2. The number of halogens is 2. The minimum Gasteiger partial charge on any atom is -0.507 e. The monoisotopic (exact) mass is 538 g/mol. The molecule has 0 radical (unpaired) electrons. The van der Waals surface area contributed by atoms with Crippen LogP contribution in [0.4, 0.5) is 5.69 Å². The standard InChI is InChI=1S/C27H20Cl2N2O6/c1-3-37-21-10-15(6-9-20(21)32)23-22(24(33)18-11-16(28)12-19(29)26(18)36-2)25(34)27(35)31(23)17-7-4-14(13-30)5-8-17/h4-12,23,32-33H,3H2,1-2H3/b24-22+. The van der Waals surface area contributed by atoms with Crippen molar-refractivity contribution in [1.29, 1.82) is 5.26 Å². The summed E-state index contributed by atoms with van der Waals surface area (Å²) in [6.07, 6.45) is 0. The number of hydrogen-bond acceptors (Lipinski definition) is 7. The van der Waals surface area contributed by atoms with E-state index in [4.69, 9.17) is 37.9 Å². The molecule has 3 aromatic carbocycles. The van der Waals surface area contributed by atoms with Gasteiger partial charge in [-0.2, -0.15) is 5.26 Å². The van der Waals surface area contributed by atoms with E-state index in [1.54, 1.807) is 6.92 Å². The van der Waals surface area contributed by atoms with Gasteiger partial charge < -0.3 is 19.7 Å². The number of aliphatic hydroxyl groups excluding tert-OH is 1. The van der Waals surface area contributed by atoms with E-state index in [1.807, 2.05) is 6.07 Å². The Bertz CT molecular complexity index is 1480. The molecule has 10 heteroatoms. The Kier molecular flexibility index (Phi) is 7.30. The van der Waals surface area contributed by atoms with E-state index in [1.165, 1.54) is 66.6 Å². The van der Waals surface area contributed by atoms with Crippen molar-refractivity contribution in [3.8, 4) is 23.3 Å². The second-order valence-corrected chi connectivity index (χ2v) is 8.80. The Morgan fingerprint density at radius 1 is 1.11 bits per heavy atom. The molecular weight excluding hydrogens is 519 g/mol. The van der Waals surface area contributed by atoms with Crippen LogP contribution in [-0.4, -0.2) is 35.6 Å². The molecule has 0 saturated carbocycles. The molecule has 8 nitrogen and oxygen atoms in total. The predicted molar refractivity (Wildman–Crippen MR) is 138 cm³/mol. The van der Waals surface area contributed by atoms with Crippen molar-refractivity contribution < 1.29 is 29.3 Å². The van der Waals surface area contributed by atoms with E-state index < -0.39 is 23.5 Å². The van der Waals surface area contributed by atoms with E-state index in [9.17, 15) is 19.8 Å². The van der Waals surface area contributed by atoms with Gasteiger partial charge in [0, 0.05) is 10.7 Å². The van der Waals surface area contributed by atoms with Crippen LogP contribution < -0.4 is 14.4 Å². The van der Waals surface area contributed by atoms with E-state index in [0.717, 1.165) is 0 Å². The molecule has 1 saturated heterocycles. The molecule has 1 unspecified atom stereocenters. The normalized spacial score (nSPS) is 16.5. The Morgan fingerprint density at radius 2 is 1.81 bits per heavy atom. The van der Waals surface area contributed by atoms with Crippen molar-refractivity contribution in [3.05, 3.63) is 86.9 Å². The van der Waals surface area contributed by atoms with Crippen LogP contribution in [0.5, 0.6) is 17.2 Å². The predicted octanol–water partition coefficient (Wildman–Crippen LogP) is 5.60. The summed E-state index contributed by atoms with van der Waals surface area (Å²) in [4.78, 5) is 28.0. The quantitative estimate of drug-likeness (QED) is 0.238. The van der Waals surface area contributed by atoms with Crippen LogP contribution in [0.3, 0.4) is 0 Å². The maximum Gasteiger partial charge on any atom is 0.300 e. The van der Waals surface area contributed by atoms with Crippen LogP contribution in [0.25, 0.3) is 5.76 Å². The van der Waals surface area contributed by atoms with Gasteiger partial charge in [-0.1, -0.05) is 29.3 Å². The summed E-state index contributed by atoms with van der Waals surface area (Å²) in [5, 5.41) is 31.1. The fourth-order valence-corrected chi connectivity index (χ4v) is 4.74. The Hall–Kier alpha value is -4.19. The Balaban J connectivity index is 2.01. The number of Topliss-reactive ketones (excluding diaryl/α,β-unsaturated/α-hetero) is 1. The number of amides is 1. The van der Waals surface area contributed by atoms with Gasteiger partial charge in [-0.15, -0.1) is 0 Å². The number of hydrogen-bond donors (Lipinski definition) is 2. The van der Waals surface area contributed by atoms with Crippen molar-refractivity contribution in [2.24, 2.45) is 0 Å². The van der Waals surface area contributed by atoms with Gasteiger partial charge in [0.25, 0.3) is 11.7 Å². The molecule has 0 aliphatic carbocycles. The first-order chi connectivity index (χ1) is 17.7. The highest BCUT2D eigenvalue weighted by Gasteiger charge is 2.47. The summed E-state index contributed by atoms with van der Waals surface area (Å²) >= 11 is 12.4. The maximum atomic E-state index is 13.4. The van der Waals surface area contributed by atoms with Crippen molar-refractivity contribution in [2.45, 2.75) is 13.0 Å². The number of rotatable bonds is 6. The number of benzene rings is 3. The highest BCUT2D eigenvalue weighted by molar-refractivity contribution is 6.52. The van der Waals surface area contributed by atoms with Crippen molar-refractivity contribution in [1.82, 2.24) is 0 Å². The van der Waals surface area contributed by atoms with Crippen LogP contribution in [0.1, 0.15) is 29.7 Å². The largest absolute Gasteiger partial charge is 0.507 e. The third kappa shape index (κ3) is 4.67. The molecule has 1 atom stereocenters. The first-order valence-electron chi connectivity index (χ1n) is 11.0. The number of ether oxygens (including phenoxy) is 2. The molecule has 1 aliphatic rings. The molecule has 0 spiro atoms. The minimum atomic E-state index is -1.13. The molecule has 1 heterocycles. The lowest BCUT2D eigenvalue weighted by atomic mass is 9.94. The fourth-order valence-electron chi connectivity index (χ4n) is 4.17. The van der Waals surface area contributed by atoms with Crippen molar-refractivity contribution in [2.75, 3.05) is 18.6 Å². The molecule has 1 amide bonds. The SMILES string of the molecule is CCOc1cc(C2/C(=C(\O)c3cc(Cl)cc(Cl)c3OC)C(=O)C(=O)N2c2ccc(C#N)cc2)ccc1O. The number of anilines is 1. The molecule has 1 aliphatic heterocycles. The summed E-state index contributed by atoms with van der Waals surface area (Å²) in [6, 6.07) is 14.1. The van der Waals surface area contributed by atoms with E-state index in [-0.39, 0.29) is 45.0 Å². The number of aliphatic hydroxyl groups is 1. The molecule has 0 bridgehead atoms. The first-order valence-corrected chi connectivity index (χ1v) is 11.8. The molecule has 0 aromatic heterocycles. The number of methoxy groups -OCH3 is 1. The average molecular weight is 539 g/mol. The second-order valence-electron chi connectivity index (χ2n) is 7.96. The van der Waals surface area contributed by atoms with Gasteiger partial charge in [-0.3, -0.25) is 14.5 Å². The third-order valence-corrected chi connectivity index (χ3v) is 6.29. The van der Waals surface area contributed by atoms with Crippen LogP contribution >= 0.6 is 23.2 Å². The fraction of sp³-hybridized carbons (Fsp3) is 0.148. The smallest absolute Gasteiger partial charge is 0.300 e. The topological polar surface area (TPSA) is 120 Å². The molecule has 188 valence electrons. The van der Waals surface area contributed by atoms with Gasteiger partial charge in [0.1, 0.15) is 11.5 Å².